The summed E-state index contributed by atoms with van der Waals surface area (Å²) in [6.07, 6.45) is 0.853. The van der Waals surface area contributed by atoms with Crippen LogP contribution in [0.25, 0.3) is 0 Å². The zero-order chi connectivity index (χ0) is 9.40. The number of hydrogen-bond acceptors (Lipinski definition) is 3. The summed E-state index contributed by atoms with van der Waals surface area (Å²) in [5.74, 6) is 0.0288. The quantitative estimate of drug-likeness (QED) is 0.583. The van der Waals surface area contributed by atoms with Crippen LogP contribution in [0.3, 0.4) is 0 Å². The molecule has 0 aromatic carbocycles. The highest BCUT2D eigenvalue weighted by atomic mass is 16.5. The third kappa shape index (κ3) is 6.12. The van der Waals surface area contributed by atoms with Gasteiger partial charge in [0.05, 0.1) is 6.54 Å². The maximum absolute atomic E-state index is 11.0. The van der Waals surface area contributed by atoms with Crippen molar-refractivity contribution >= 4 is 5.91 Å². The van der Waals surface area contributed by atoms with Crippen LogP contribution in [-0.2, 0) is 9.53 Å². The lowest BCUT2D eigenvalue weighted by Crippen LogP contribution is -2.38. The van der Waals surface area contributed by atoms with E-state index < -0.39 is 0 Å². The van der Waals surface area contributed by atoms with Gasteiger partial charge in [-0.3, -0.25) is 4.79 Å². The first-order chi connectivity index (χ1) is 5.70. The molecule has 0 aliphatic rings. The second-order valence-electron chi connectivity index (χ2n) is 2.78. The number of hydrogen-bond donors (Lipinski definition) is 2. The number of rotatable bonds is 6. The van der Waals surface area contributed by atoms with Gasteiger partial charge in [-0.05, 0) is 20.4 Å². The van der Waals surface area contributed by atoms with E-state index in [0.717, 1.165) is 6.42 Å². The van der Waals surface area contributed by atoms with E-state index in [2.05, 4.69) is 10.6 Å². The molecule has 0 bridgehead atoms. The minimum atomic E-state index is 0.0288. The van der Waals surface area contributed by atoms with E-state index in [9.17, 15) is 4.79 Å². The molecular formula is C8H18N2O2. The third-order valence-corrected chi connectivity index (χ3v) is 1.50. The van der Waals surface area contributed by atoms with Gasteiger partial charge in [0.1, 0.15) is 0 Å². The van der Waals surface area contributed by atoms with E-state index >= 15 is 0 Å². The van der Waals surface area contributed by atoms with Crippen LogP contribution in [0.15, 0.2) is 0 Å². The topological polar surface area (TPSA) is 50.4 Å². The van der Waals surface area contributed by atoms with Gasteiger partial charge >= 0.3 is 0 Å². The van der Waals surface area contributed by atoms with Gasteiger partial charge in [-0.1, -0.05) is 0 Å². The number of amides is 1. The second kappa shape index (κ2) is 7.06. The molecule has 2 N–H and O–H groups in total. The summed E-state index contributed by atoms with van der Waals surface area (Å²) in [5.41, 5.74) is 0. The van der Waals surface area contributed by atoms with Crippen LogP contribution in [0.1, 0.15) is 13.3 Å². The lowest BCUT2D eigenvalue weighted by Gasteiger charge is -2.12. The molecule has 0 aliphatic heterocycles. The van der Waals surface area contributed by atoms with Crippen LogP contribution in [0.4, 0.5) is 0 Å². The molecule has 0 rings (SSSR count). The molecule has 72 valence electrons. The highest BCUT2D eigenvalue weighted by molar-refractivity contribution is 5.78. The Morgan fingerprint density at radius 3 is 2.75 bits per heavy atom. The Kier molecular flexibility index (Phi) is 6.70. The summed E-state index contributed by atoms with van der Waals surface area (Å²) in [4.78, 5) is 11.0. The highest BCUT2D eigenvalue weighted by Gasteiger charge is 2.04. The normalized spacial score (nSPS) is 12.6. The van der Waals surface area contributed by atoms with Gasteiger partial charge in [0.25, 0.3) is 0 Å². The van der Waals surface area contributed by atoms with Gasteiger partial charge in [-0.15, -0.1) is 0 Å². The fraction of sp³-hybridized carbons (Fsp3) is 0.875. The Balaban J connectivity index is 3.40. The zero-order valence-electron chi connectivity index (χ0n) is 8.02. The van der Waals surface area contributed by atoms with Crippen molar-refractivity contribution in [3.63, 3.8) is 0 Å². The molecule has 0 radical (unpaired) electrons. The minimum Gasteiger partial charge on any atom is -0.385 e. The van der Waals surface area contributed by atoms with Crippen molar-refractivity contribution in [3.8, 4) is 0 Å². The molecule has 12 heavy (non-hydrogen) atoms. The van der Waals surface area contributed by atoms with Crippen LogP contribution in [0.2, 0.25) is 0 Å². The van der Waals surface area contributed by atoms with Crippen molar-refractivity contribution in [3.05, 3.63) is 0 Å². The van der Waals surface area contributed by atoms with E-state index in [1.54, 1.807) is 14.2 Å². The average molecular weight is 174 g/mol. The Bertz CT molecular complexity index is 128. The van der Waals surface area contributed by atoms with Crippen LogP contribution in [0.5, 0.6) is 0 Å². The number of methoxy groups -OCH3 is 1. The molecule has 0 fully saturated rings. The molecule has 0 aliphatic carbocycles. The molecule has 4 heteroatoms. The van der Waals surface area contributed by atoms with E-state index in [-0.39, 0.29) is 11.9 Å². The molecule has 1 unspecified atom stereocenters. The summed E-state index contributed by atoms with van der Waals surface area (Å²) in [7, 11) is 3.40. The minimum absolute atomic E-state index is 0.0288. The van der Waals surface area contributed by atoms with E-state index in [1.165, 1.54) is 0 Å². The van der Waals surface area contributed by atoms with E-state index in [1.807, 2.05) is 6.92 Å². The van der Waals surface area contributed by atoms with Gasteiger partial charge < -0.3 is 15.4 Å². The molecule has 0 saturated heterocycles. The Hall–Kier alpha value is -0.610. The highest BCUT2D eigenvalue weighted by Crippen LogP contribution is 1.89. The summed E-state index contributed by atoms with van der Waals surface area (Å²) in [5, 5.41) is 5.62. The van der Waals surface area contributed by atoms with Crippen molar-refractivity contribution in [2.45, 2.75) is 19.4 Å². The fourth-order valence-electron chi connectivity index (χ4n) is 0.853. The van der Waals surface area contributed by atoms with E-state index in [0.29, 0.717) is 13.2 Å². The number of carbonyl (C=O) groups is 1. The van der Waals surface area contributed by atoms with E-state index in [4.69, 9.17) is 4.74 Å². The molecule has 0 heterocycles. The Labute approximate surface area is 73.7 Å². The number of nitrogens with one attached hydrogen (secondary N) is 2. The number of carbonyl (C=O) groups excluding carboxylic acids is 1. The monoisotopic (exact) mass is 174 g/mol. The molecule has 1 amide bonds. The van der Waals surface area contributed by atoms with Gasteiger partial charge in [0.15, 0.2) is 0 Å². The maximum Gasteiger partial charge on any atom is 0.234 e. The molecule has 1 atom stereocenters. The van der Waals surface area contributed by atoms with Crippen molar-refractivity contribution in [1.82, 2.24) is 10.6 Å². The lowest BCUT2D eigenvalue weighted by atomic mass is 10.2. The predicted molar refractivity (Wildman–Crippen MR) is 48.0 cm³/mol. The van der Waals surface area contributed by atoms with Crippen molar-refractivity contribution in [2.75, 3.05) is 27.3 Å². The van der Waals surface area contributed by atoms with Gasteiger partial charge in [0, 0.05) is 19.8 Å². The first kappa shape index (κ1) is 11.4. The average Bonchev–Trinajstić information content (AvgIpc) is 2.01. The standard InChI is InChI=1S/C8H18N2O2/c1-7(4-5-12-3)10-8(11)6-9-2/h7,9H,4-6H2,1-3H3,(H,10,11). The van der Waals surface area contributed by atoms with Crippen LogP contribution >= 0.6 is 0 Å². The Morgan fingerprint density at radius 1 is 1.58 bits per heavy atom. The van der Waals surface area contributed by atoms with Crippen molar-refractivity contribution in [1.29, 1.82) is 0 Å². The Morgan fingerprint density at radius 2 is 2.25 bits per heavy atom. The first-order valence-corrected chi connectivity index (χ1v) is 4.13. The summed E-state index contributed by atoms with van der Waals surface area (Å²) < 4.78 is 4.89. The van der Waals surface area contributed by atoms with Gasteiger partial charge in [0.2, 0.25) is 5.91 Å². The zero-order valence-corrected chi connectivity index (χ0v) is 8.02. The molecule has 4 nitrogen and oxygen atoms in total. The third-order valence-electron chi connectivity index (χ3n) is 1.50. The smallest absolute Gasteiger partial charge is 0.234 e. The molecule has 0 spiro atoms. The number of ether oxygens (including phenoxy) is 1. The summed E-state index contributed by atoms with van der Waals surface area (Å²) in [6, 6.07) is 0.186. The number of likely N-dealkylation sites (N-methyl/N-ethyl adjacent to an activating group) is 1. The summed E-state index contributed by atoms with van der Waals surface area (Å²) >= 11 is 0. The predicted octanol–water partition coefficient (Wildman–Crippen LogP) is -0.253. The van der Waals surface area contributed by atoms with Gasteiger partial charge in [-0.25, -0.2) is 0 Å². The van der Waals surface area contributed by atoms with Crippen molar-refractivity contribution < 1.29 is 9.53 Å². The molecule has 0 aromatic rings. The SMILES string of the molecule is CNCC(=O)NC(C)CCOC. The first-order valence-electron chi connectivity index (χ1n) is 4.13. The molecular weight excluding hydrogens is 156 g/mol. The molecule has 0 aromatic heterocycles. The molecule has 0 saturated carbocycles. The van der Waals surface area contributed by atoms with Crippen LogP contribution in [-0.4, -0.2) is 39.3 Å². The van der Waals surface area contributed by atoms with Crippen LogP contribution in [0, 0.1) is 0 Å². The summed E-state index contributed by atoms with van der Waals surface area (Å²) in [6.45, 7) is 3.02. The lowest BCUT2D eigenvalue weighted by molar-refractivity contribution is -0.120. The fourth-order valence-corrected chi connectivity index (χ4v) is 0.853. The largest absolute Gasteiger partial charge is 0.385 e. The van der Waals surface area contributed by atoms with Crippen LogP contribution < -0.4 is 10.6 Å². The second-order valence-corrected chi connectivity index (χ2v) is 2.78. The van der Waals surface area contributed by atoms with Crippen molar-refractivity contribution in [2.24, 2.45) is 0 Å². The maximum atomic E-state index is 11.0. The van der Waals surface area contributed by atoms with Gasteiger partial charge in [-0.2, -0.15) is 0 Å².